The van der Waals surface area contributed by atoms with Gasteiger partial charge < -0.3 is 9.67 Å². The van der Waals surface area contributed by atoms with Crippen LogP contribution in [0.3, 0.4) is 0 Å². The van der Waals surface area contributed by atoms with Crippen LogP contribution in [0.5, 0.6) is 0 Å². The average Bonchev–Trinajstić information content (AvgIpc) is 2.72. The second-order valence-electron chi connectivity index (χ2n) is 4.06. The summed E-state index contributed by atoms with van der Waals surface area (Å²) in [6, 6.07) is 4.29. The number of fused-ring (bicyclic) bond motifs is 1. The van der Waals surface area contributed by atoms with E-state index in [0.717, 1.165) is 17.3 Å². The summed E-state index contributed by atoms with van der Waals surface area (Å²) in [6.45, 7) is 5.65. The molecule has 0 saturated carbocycles. The Labute approximate surface area is 113 Å². The van der Waals surface area contributed by atoms with Crippen molar-refractivity contribution in [3.63, 3.8) is 0 Å². The van der Waals surface area contributed by atoms with Crippen molar-refractivity contribution < 1.29 is 14.3 Å². The summed E-state index contributed by atoms with van der Waals surface area (Å²) in [4.78, 5) is 14.9. The zero-order chi connectivity index (χ0) is 14.0. The van der Waals surface area contributed by atoms with Gasteiger partial charge in [0.05, 0.1) is 22.8 Å². The van der Waals surface area contributed by atoms with Crippen molar-refractivity contribution in [1.82, 2.24) is 9.55 Å². The molecule has 1 aromatic carbocycles. The van der Waals surface area contributed by atoms with Crippen molar-refractivity contribution in [1.29, 1.82) is 0 Å². The van der Waals surface area contributed by atoms with Crippen LogP contribution in [0.1, 0.15) is 13.0 Å². The van der Waals surface area contributed by atoms with E-state index in [2.05, 4.69) is 11.6 Å². The summed E-state index contributed by atoms with van der Waals surface area (Å²) in [7, 11) is 0. The molecule has 2 rings (SSSR count). The Morgan fingerprint density at radius 2 is 2.42 bits per heavy atom. The number of allylic oxidation sites excluding steroid dienone is 1. The van der Waals surface area contributed by atoms with Crippen LogP contribution in [0.25, 0.3) is 11.0 Å². The van der Waals surface area contributed by atoms with E-state index >= 15 is 0 Å². The smallest absolute Gasteiger partial charge is 0.313 e. The van der Waals surface area contributed by atoms with Gasteiger partial charge in [0.1, 0.15) is 5.82 Å². The van der Waals surface area contributed by atoms with Gasteiger partial charge in [-0.3, -0.25) is 4.79 Å². The maximum absolute atomic E-state index is 13.2. The van der Waals surface area contributed by atoms with Gasteiger partial charge in [0.2, 0.25) is 0 Å². The second-order valence-corrected chi connectivity index (χ2v) is 5.00. The first-order valence-electron chi connectivity index (χ1n) is 5.67. The summed E-state index contributed by atoms with van der Waals surface area (Å²) < 4.78 is 15.1. The van der Waals surface area contributed by atoms with Gasteiger partial charge in [0.25, 0.3) is 0 Å². The van der Waals surface area contributed by atoms with Crippen LogP contribution in [0.15, 0.2) is 36.0 Å². The van der Waals surface area contributed by atoms with Crippen molar-refractivity contribution in [2.24, 2.45) is 0 Å². The zero-order valence-electron chi connectivity index (χ0n) is 10.3. The highest BCUT2D eigenvalue weighted by Crippen LogP contribution is 2.28. The Hall–Kier alpha value is -1.82. The molecule has 1 N–H and O–H groups in total. The minimum atomic E-state index is -0.916. The van der Waals surface area contributed by atoms with Crippen LogP contribution < -0.4 is 0 Å². The van der Waals surface area contributed by atoms with E-state index in [4.69, 9.17) is 5.11 Å². The number of carboxylic acid groups (broad SMARTS) is 1. The number of carbonyl (C=O) groups is 1. The molecule has 2 aromatic rings. The lowest BCUT2D eigenvalue weighted by atomic mass is 10.2. The van der Waals surface area contributed by atoms with Crippen LogP contribution in [0, 0.1) is 5.82 Å². The Morgan fingerprint density at radius 3 is 3.05 bits per heavy atom. The lowest BCUT2D eigenvalue weighted by Crippen LogP contribution is -2.05. The van der Waals surface area contributed by atoms with Crippen LogP contribution >= 0.6 is 11.8 Å². The molecule has 1 aromatic heterocycles. The van der Waals surface area contributed by atoms with Gasteiger partial charge in [-0.05, 0) is 19.1 Å². The van der Waals surface area contributed by atoms with Gasteiger partial charge in [-0.1, -0.05) is 17.8 Å². The zero-order valence-corrected chi connectivity index (χ0v) is 11.2. The SMILES string of the molecule is C=CC(C)n1c(SCC(=O)O)nc2cc(F)ccc21. The topological polar surface area (TPSA) is 55.1 Å². The van der Waals surface area contributed by atoms with E-state index in [1.165, 1.54) is 12.1 Å². The number of aromatic nitrogens is 2. The first-order valence-corrected chi connectivity index (χ1v) is 6.66. The van der Waals surface area contributed by atoms with E-state index in [-0.39, 0.29) is 17.6 Å². The molecule has 1 heterocycles. The van der Waals surface area contributed by atoms with E-state index < -0.39 is 5.97 Å². The third-order valence-electron chi connectivity index (χ3n) is 2.69. The van der Waals surface area contributed by atoms with E-state index in [1.807, 2.05) is 11.5 Å². The Kier molecular flexibility index (Phi) is 3.90. The molecule has 0 radical (unpaired) electrons. The Balaban J connectivity index is 2.53. The molecule has 6 heteroatoms. The summed E-state index contributed by atoms with van der Waals surface area (Å²) in [5.41, 5.74) is 1.28. The molecule has 0 fully saturated rings. The molecule has 0 bridgehead atoms. The molecule has 0 aliphatic carbocycles. The maximum Gasteiger partial charge on any atom is 0.313 e. The Bertz CT molecular complexity index is 639. The van der Waals surface area contributed by atoms with Crippen molar-refractivity contribution >= 4 is 28.8 Å². The largest absolute Gasteiger partial charge is 0.481 e. The predicted molar refractivity (Wildman–Crippen MR) is 73.0 cm³/mol. The molecule has 0 spiro atoms. The number of nitrogens with zero attached hydrogens (tertiary/aromatic N) is 2. The lowest BCUT2D eigenvalue weighted by Gasteiger charge is -2.12. The Morgan fingerprint density at radius 1 is 1.68 bits per heavy atom. The molecule has 100 valence electrons. The van der Waals surface area contributed by atoms with Crippen molar-refractivity contribution in [3.05, 3.63) is 36.7 Å². The van der Waals surface area contributed by atoms with E-state index in [1.54, 1.807) is 12.1 Å². The van der Waals surface area contributed by atoms with Crippen LogP contribution in [0.2, 0.25) is 0 Å². The summed E-state index contributed by atoms with van der Waals surface area (Å²) in [6.07, 6.45) is 1.73. The number of rotatable bonds is 5. The van der Waals surface area contributed by atoms with Gasteiger partial charge in [-0.15, -0.1) is 6.58 Å². The number of hydrogen-bond acceptors (Lipinski definition) is 3. The highest BCUT2D eigenvalue weighted by atomic mass is 32.2. The highest BCUT2D eigenvalue weighted by Gasteiger charge is 2.16. The van der Waals surface area contributed by atoms with E-state index in [0.29, 0.717) is 10.7 Å². The monoisotopic (exact) mass is 280 g/mol. The summed E-state index contributed by atoms with van der Waals surface area (Å²) in [5, 5.41) is 9.29. The number of hydrogen-bond donors (Lipinski definition) is 1. The fourth-order valence-corrected chi connectivity index (χ4v) is 2.60. The quantitative estimate of drug-likeness (QED) is 0.675. The highest BCUT2D eigenvalue weighted by molar-refractivity contribution is 7.99. The molecule has 0 aliphatic rings. The van der Waals surface area contributed by atoms with Crippen LogP contribution in [0.4, 0.5) is 4.39 Å². The summed E-state index contributed by atoms with van der Waals surface area (Å²) >= 11 is 1.11. The number of carboxylic acids is 1. The molecule has 4 nitrogen and oxygen atoms in total. The third-order valence-corrected chi connectivity index (χ3v) is 3.63. The number of benzene rings is 1. The molecule has 1 unspecified atom stereocenters. The molecular weight excluding hydrogens is 267 g/mol. The first kappa shape index (κ1) is 13.6. The predicted octanol–water partition coefficient (Wildman–Crippen LogP) is 3.10. The van der Waals surface area contributed by atoms with Crippen LogP contribution in [-0.2, 0) is 4.79 Å². The molecular formula is C13H13FN2O2S. The number of thioether (sulfide) groups is 1. The van der Waals surface area contributed by atoms with Crippen molar-refractivity contribution in [3.8, 4) is 0 Å². The van der Waals surface area contributed by atoms with Gasteiger partial charge in [-0.25, -0.2) is 9.37 Å². The van der Waals surface area contributed by atoms with Gasteiger partial charge in [0.15, 0.2) is 5.16 Å². The molecule has 1 atom stereocenters. The van der Waals surface area contributed by atoms with E-state index in [9.17, 15) is 9.18 Å². The van der Waals surface area contributed by atoms with Crippen molar-refractivity contribution in [2.45, 2.75) is 18.1 Å². The first-order chi connectivity index (χ1) is 9.02. The molecule has 19 heavy (non-hydrogen) atoms. The van der Waals surface area contributed by atoms with Gasteiger partial charge >= 0.3 is 5.97 Å². The fraction of sp³-hybridized carbons (Fsp3) is 0.231. The number of halogens is 1. The second kappa shape index (κ2) is 5.44. The maximum atomic E-state index is 13.2. The minimum absolute atomic E-state index is 0.0493. The van der Waals surface area contributed by atoms with Crippen molar-refractivity contribution in [2.75, 3.05) is 5.75 Å². The normalized spacial score (nSPS) is 12.5. The molecule has 0 aliphatic heterocycles. The lowest BCUT2D eigenvalue weighted by molar-refractivity contribution is -0.133. The minimum Gasteiger partial charge on any atom is -0.481 e. The number of aliphatic carboxylic acids is 1. The van der Waals surface area contributed by atoms with Gasteiger partial charge in [0, 0.05) is 6.07 Å². The molecule has 0 amide bonds. The third kappa shape index (κ3) is 2.78. The van der Waals surface area contributed by atoms with Crippen LogP contribution in [-0.4, -0.2) is 26.4 Å². The standard InChI is InChI=1S/C13H13FN2O2S/c1-3-8(2)16-11-5-4-9(14)6-10(11)15-13(16)19-7-12(17)18/h3-6,8H,1,7H2,2H3,(H,17,18). The fourth-order valence-electron chi connectivity index (χ4n) is 1.78. The average molecular weight is 280 g/mol. The summed E-state index contributed by atoms with van der Waals surface area (Å²) in [5.74, 6) is -1.37. The number of imidazole rings is 1. The van der Waals surface area contributed by atoms with Gasteiger partial charge in [-0.2, -0.15) is 0 Å². The molecule has 0 saturated heterocycles.